The summed E-state index contributed by atoms with van der Waals surface area (Å²) in [5.74, 6) is -0.500. The summed E-state index contributed by atoms with van der Waals surface area (Å²) in [6.45, 7) is 2.02. The predicted octanol–water partition coefficient (Wildman–Crippen LogP) is 0.468. The fraction of sp³-hybridized carbons (Fsp3) is 0.375. The van der Waals surface area contributed by atoms with Gasteiger partial charge in [0.2, 0.25) is 0 Å². The molecule has 0 aliphatic heterocycles. The monoisotopic (exact) mass is 179 g/mol. The molecule has 1 aromatic rings. The minimum absolute atomic E-state index is 0.168. The third-order valence-corrected chi connectivity index (χ3v) is 1.48. The third kappa shape index (κ3) is 1.85. The van der Waals surface area contributed by atoms with Crippen molar-refractivity contribution < 1.29 is 9.53 Å². The zero-order chi connectivity index (χ0) is 9.84. The Morgan fingerprint density at radius 3 is 3.00 bits per heavy atom. The average Bonchev–Trinajstić information content (AvgIpc) is 2.47. The van der Waals surface area contributed by atoms with Crippen LogP contribution in [0.4, 0.5) is 0 Å². The van der Waals surface area contributed by atoms with E-state index in [9.17, 15) is 4.79 Å². The minimum Gasteiger partial charge on any atom is -0.461 e. The molecule has 5 nitrogen and oxygen atoms in total. The van der Waals surface area contributed by atoms with Gasteiger partial charge in [0, 0.05) is 13.1 Å². The number of rotatable bonds is 2. The lowest BCUT2D eigenvalue weighted by molar-refractivity contribution is 0.0518. The summed E-state index contributed by atoms with van der Waals surface area (Å²) in [6, 6.07) is 3.31. The first-order valence-electron chi connectivity index (χ1n) is 3.80. The van der Waals surface area contributed by atoms with Crippen molar-refractivity contribution in [2.45, 2.75) is 6.92 Å². The van der Waals surface area contributed by atoms with Crippen LogP contribution in [0, 0.1) is 11.3 Å². The van der Waals surface area contributed by atoms with E-state index in [1.807, 2.05) is 6.07 Å². The van der Waals surface area contributed by atoms with Gasteiger partial charge in [-0.25, -0.2) is 4.79 Å². The van der Waals surface area contributed by atoms with Crippen LogP contribution < -0.4 is 0 Å². The minimum atomic E-state index is -0.500. The number of aromatic nitrogens is 2. The lowest BCUT2D eigenvalue weighted by Gasteiger charge is -1.95. The van der Waals surface area contributed by atoms with Crippen molar-refractivity contribution in [2.75, 3.05) is 6.61 Å². The first-order chi connectivity index (χ1) is 6.19. The molecule has 0 atom stereocenters. The van der Waals surface area contributed by atoms with E-state index in [2.05, 4.69) is 5.10 Å². The van der Waals surface area contributed by atoms with Crippen LogP contribution in [0.25, 0.3) is 0 Å². The van der Waals surface area contributed by atoms with E-state index in [4.69, 9.17) is 10.00 Å². The molecule has 0 N–H and O–H groups in total. The molecular formula is C8H9N3O2. The van der Waals surface area contributed by atoms with E-state index in [-0.39, 0.29) is 5.69 Å². The van der Waals surface area contributed by atoms with Crippen LogP contribution in [0.2, 0.25) is 0 Å². The van der Waals surface area contributed by atoms with Gasteiger partial charge >= 0.3 is 5.97 Å². The van der Waals surface area contributed by atoms with Crippen LogP contribution in [-0.2, 0) is 11.8 Å². The highest BCUT2D eigenvalue weighted by Gasteiger charge is 2.12. The predicted molar refractivity (Wildman–Crippen MR) is 43.9 cm³/mol. The molecule has 0 aromatic carbocycles. The van der Waals surface area contributed by atoms with E-state index in [1.54, 1.807) is 14.0 Å². The zero-order valence-electron chi connectivity index (χ0n) is 7.44. The molecule has 1 aromatic heterocycles. The van der Waals surface area contributed by atoms with Gasteiger partial charge in [-0.2, -0.15) is 10.4 Å². The van der Waals surface area contributed by atoms with E-state index in [0.717, 1.165) is 0 Å². The maximum absolute atomic E-state index is 11.1. The van der Waals surface area contributed by atoms with E-state index in [0.29, 0.717) is 12.3 Å². The van der Waals surface area contributed by atoms with Crippen LogP contribution in [0.15, 0.2) is 6.07 Å². The number of esters is 1. The van der Waals surface area contributed by atoms with Crippen molar-refractivity contribution in [1.82, 2.24) is 9.78 Å². The molecule has 13 heavy (non-hydrogen) atoms. The summed E-state index contributed by atoms with van der Waals surface area (Å²) in [4.78, 5) is 11.1. The maximum atomic E-state index is 11.1. The summed E-state index contributed by atoms with van der Waals surface area (Å²) in [6.07, 6.45) is 0. The fourth-order valence-electron chi connectivity index (χ4n) is 0.877. The first kappa shape index (κ1) is 9.26. The normalized spacial score (nSPS) is 9.31. The second kappa shape index (κ2) is 3.72. The lowest BCUT2D eigenvalue weighted by atomic mass is 10.4. The molecule has 0 aliphatic rings. The van der Waals surface area contributed by atoms with Crippen LogP contribution >= 0.6 is 0 Å². The number of hydrogen-bond acceptors (Lipinski definition) is 4. The molecule has 0 unspecified atom stereocenters. The lowest BCUT2D eigenvalue weighted by Crippen LogP contribution is -2.05. The smallest absolute Gasteiger partial charge is 0.358 e. The Kier molecular flexibility index (Phi) is 2.65. The van der Waals surface area contributed by atoms with Gasteiger partial charge in [-0.1, -0.05) is 0 Å². The third-order valence-electron chi connectivity index (χ3n) is 1.48. The molecule has 68 valence electrons. The van der Waals surface area contributed by atoms with Crippen LogP contribution in [0.3, 0.4) is 0 Å². The van der Waals surface area contributed by atoms with E-state index >= 15 is 0 Å². The molecular weight excluding hydrogens is 170 g/mol. The van der Waals surface area contributed by atoms with Crippen LogP contribution in [0.1, 0.15) is 23.1 Å². The molecule has 1 rings (SSSR count). The Bertz CT molecular complexity index is 362. The van der Waals surface area contributed by atoms with Gasteiger partial charge in [0.1, 0.15) is 11.8 Å². The topological polar surface area (TPSA) is 67.9 Å². The SMILES string of the molecule is CCOC(=O)c1cc(C#N)n(C)n1. The molecule has 0 saturated heterocycles. The van der Waals surface area contributed by atoms with Crippen LogP contribution in [0.5, 0.6) is 0 Å². The summed E-state index contributed by atoms with van der Waals surface area (Å²) in [7, 11) is 1.60. The van der Waals surface area contributed by atoms with Crippen molar-refractivity contribution in [2.24, 2.45) is 7.05 Å². The number of carbonyl (C=O) groups is 1. The molecule has 0 fully saturated rings. The summed E-state index contributed by atoms with van der Waals surface area (Å²) in [5.41, 5.74) is 0.504. The zero-order valence-corrected chi connectivity index (χ0v) is 7.44. The van der Waals surface area contributed by atoms with Gasteiger partial charge in [-0.3, -0.25) is 4.68 Å². The van der Waals surface area contributed by atoms with Crippen molar-refractivity contribution in [1.29, 1.82) is 5.26 Å². The van der Waals surface area contributed by atoms with Gasteiger partial charge in [-0.05, 0) is 6.92 Å². The highest BCUT2D eigenvalue weighted by atomic mass is 16.5. The molecule has 0 radical (unpaired) electrons. The Labute approximate surface area is 75.5 Å². The quantitative estimate of drug-likeness (QED) is 0.619. The number of carbonyl (C=O) groups excluding carboxylic acids is 1. The number of nitrogens with zero attached hydrogens (tertiary/aromatic N) is 3. The summed E-state index contributed by atoms with van der Waals surface area (Å²) >= 11 is 0. The van der Waals surface area contributed by atoms with Crippen molar-refractivity contribution >= 4 is 5.97 Å². The van der Waals surface area contributed by atoms with Crippen molar-refractivity contribution in [3.8, 4) is 6.07 Å². The molecule has 0 bridgehead atoms. The Balaban J connectivity index is 2.92. The average molecular weight is 179 g/mol. The van der Waals surface area contributed by atoms with Gasteiger partial charge in [0.05, 0.1) is 6.61 Å². The number of nitriles is 1. The highest BCUT2D eigenvalue weighted by Crippen LogP contribution is 2.02. The second-order valence-electron chi connectivity index (χ2n) is 2.37. The summed E-state index contributed by atoms with van der Waals surface area (Å²) < 4.78 is 6.06. The molecule has 0 saturated carbocycles. The summed E-state index contributed by atoms with van der Waals surface area (Å²) in [5, 5.41) is 12.4. The molecule has 0 aliphatic carbocycles. The van der Waals surface area contributed by atoms with Crippen LogP contribution in [-0.4, -0.2) is 22.4 Å². The van der Waals surface area contributed by atoms with Gasteiger partial charge < -0.3 is 4.74 Å². The standard InChI is InChI=1S/C8H9N3O2/c1-3-13-8(12)7-4-6(5-9)11(2)10-7/h4H,3H2,1-2H3. The number of hydrogen-bond donors (Lipinski definition) is 0. The second-order valence-corrected chi connectivity index (χ2v) is 2.37. The van der Waals surface area contributed by atoms with Crippen molar-refractivity contribution in [3.63, 3.8) is 0 Å². The van der Waals surface area contributed by atoms with E-state index < -0.39 is 5.97 Å². The number of aryl methyl sites for hydroxylation is 1. The first-order valence-corrected chi connectivity index (χ1v) is 3.80. The largest absolute Gasteiger partial charge is 0.461 e. The van der Waals surface area contributed by atoms with Gasteiger partial charge in [0.15, 0.2) is 5.69 Å². The Morgan fingerprint density at radius 1 is 1.85 bits per heavy atom. The van der Waals surface area contributed by atoms with Crippen molar-refractivity contribution in [3.05, 3.63) is 17.5 Å². The maximum Gasteiger partial charge on any atom is 0.358 e. The number of ether oxygens (including phenoxy) is 1. The fourth-order valence-corrected chi connectivity index (χ4v) is 0.877. The van der Waals surface area contributed by atoms with Gasteiger partial charge in [-0.15, -0.1) is 0 Å². The molecule has 1 heterocycles. The Hall–Kier alpha value is -1.83. The van der Waals surface area contributed by atoms with E-state index in [1.165, 1.54) is 10.7 Å². The molecule has 0 spiro atoms. The molecule has 5 heteroatoms. The molecule has 0 amide bonds. The Morgan fingerprint density at radius 2 is 2.54 bits per heavy atom. The highest BCUT2D eigenvalue weighted by molar-refractivity contribution is 5.87. The van der Waals surface area contributed by atoms with Gasteiger partial charge in [0.25, 0.3) is 0 Å².